The van der Waals surface area contributed by atoms with Gasteiger partial charge in [-0.25, -0.2) is 0 Å². The molecule has 0 unspecified atom stereocenters. The number of nitrogens with one attached hydrogen (secondary N) is 1. The first-order valence-corrected chi connectivity index (χ1v) is 8.37. The van der Waals surface area contributed by atoms with Crippen LogP contribution in [0, 0.1) is 20.8 Å². The van der Waals surface area contributed by atoms with Gasteiger partial charge in [0, 0.05) is 0 Å². The number of rotatable bonds is 6. The number of carbonyl (C=O) groups is 1. The van der Waals surface area contributed by atoms with Crippen molar-refractivity contribution in [2.45, 2.75) is 27.2 Å². The van der Waals surface area contributed by atoms with E-state index in [0.717, 1.165) is 11.1 Å². The second kappa shape index (κ2) is 7.82. The van der Waals surface area contributed by atoms with Gasteiger partial charge in [-0.1, -0.05) is 41.0 Å². The Balaban J connectivity index is 1.55. The third-order valence-electron chi connectivity index (χ3n) is 3.91. The Kier molecular flexibility index (Phi) is 5.31. The van der Waals surface area contributed by atoms with Crippen LogP contribution in [-0.4, -0.2) is 22.7 Å². The molecule has 0 saturated carbocycles. The van der Waals surface area contributed by atoms with Gasteiger partial charge in [0.25, 0.3) is 5.91 Å². The maximum Gasteiger partial charge on any atom is 0.322 e. The molecule has 0 atom stereocenters. The molecule has 1 amide bonds. The normalized spacial score (nSPS) is 10.6. The highest BCUT2D eigenvalue weighted by atomic mass is 16.5. The molecule has 1 N–H and O–H groups in total. The Morgan fingerprint density at radius 3 is 2.65 bits per heavy atom. The highest BCUT2D eigenvalue weighted by Crippen LogP contribution is 2.16. The lowest BCUT2D eigenvalue weighted by atomic mass is 10.0. The molecule has 134 valence electrons. The molecular formula is C20H21N3O3. The summed E-state index contributed by atoms with van der Waals surface area (Å²) in [6, 6.07) is 13.8. The summed E-state index contributed by atoms with van der Waals surface area (Å²) in [7, 11) is 0. The van der Waals surface area contributed by atoms with Gasteiger partial charge in [0.05, 0.1) is 6.42 Å². The van der Waals surface area contributed by atoms with Crippen LogP contribution >= 0.6 is 0 Å². The highest BCUT2D eigenvalue weighted by molar-refractivity contribution is 5.89. The molecular weight excluding hydrogens is 330 g/mol. The van der Waals surface area contributed by atoms with Gasteiger partial charge in [-0.05, 0) is 49.6 Å². The summed E-state index contributed by atoms with van der Waals surface area (Å²) >= 11 is 0. The van der Waals surface area contributed by atoms with E-state index in [0.29, 0.717) is 18.1 Å². The second-order valence-electron chi connectivity index (χ2n) is 6.26. The van der Waals surface area contributed by atoms with Gasteiger partial charge < -0.3 is 9.15 Å². The minimum absolute atomic E-state index is 0.0719. The molecule has 0 spiro atoms. The minimum atomic E-state index is -0.353. The molecule has 0 aliphatic rings. The van der Waals surface area contributed by atoms with Gasteiger partial charge in [0.2, 0.25) is 5.89 Å². The molecule has 0 saturated heterocycles. The number of hydrogen-bond acceptors (Lipinski definition) is 5. The zero-order valence-corrected chi connectivity index (χ0v) is 15.1. The Morgan fingerprint density at radius 2 is 1.88 bits per heavy atom. The Bertz CT molecular complexity index is 918. The third kappa shape index (κ3) is 4.69. The summed E-state index contributed by atoms with van der Waals surface area (Å²) in [5.74, 6) is 0.737. The quantitative estimate of drug-likeness (QED) is 0.734. The summed E-state index contributed by atoms with van der Waals surface area (Å²) in [4.78, 5) is 12.0. The molecule has 0 bridgehead atoms. The standard InChI is InChI=1S/C20H21N3O3/c1-13-5-4-6-17(10-13)25-12-18(24)21-20-23-22-19(26-20)11-16-8-7-14(2)9-15(16)3/h4-10H,11-12H2,1-3H3,(H,21,23,24). The predicted octanol–water partition coefficient (Wildman–Crippen LogP) is 3.60. The summed E-state index contributed by atoms with van der Waals surface area (Å²) < 4.78 is 11.0. The lowest BCUT2D eigenvalue weighted by Gasteiger charge is -2.06. The van der Waals surface area contributed by atoms with Crippen molar-refractivity contribution in [1.29, 1.82) is 0 Å². The monoisotopic (exact) mass is 351 g/mol. The van der Waals surface area contributed by atoms with Crippen LogP contribution in [0.25, 0.3) is 0 Å². The van der Waals surface area contributed by atoms with E-state index in [-0.39, 0.29) is 18.5 Å². The zero-order chi connectivity index (χ0) is 18.5. The lowest BCUT2D eigenvalue weighted by Crippen LogP contribution is -2.20. The van der Waals surface area contributed by atoms with Crippen molar-refractivity contribution in [2.24, 2.45) is 0 Å². The molecule has 6 heteroatoms. The van der Waals surface area contributed by atoms with Crippen LogP contribution in [0.1, 0.15) is 28.1 Å². The first kappa shape index (κ1) is 17.7. The average molecular weight is 351 g/mol. The molecule has 3 aromatic rings. The highest BCUT2D eigenvalue weighted by Gasteiger charge is 2.12. The van der Waals surface area contributed by atoms with Gasteiger partial charge in [-0.3, -0.25) is 10.1 Å². The van der Waals surface area contributed by atoms with Crippen LogP contribution in [-0.2, 0) is 11.2 Å². The first-order chi connectivity index (χ1) is 12.5. The number of benzene rings is 2. The number of anilines is 1. The van der Waals surface area contributed by atoms with Crippen molar-refractivity contribution in [3.8, 4) is 5.75 Å². The molecule has 6 nitrogen and oxygen atoms in total. The fraction of sp³-hybridized carbons (Fsp3) is 0.250. The summed E-state index contributed by atoms with van der Waals surface area (Å²) in [5.41, 5.74) is 4.55. The topological polar surface area (TPSA) is 77.2 Å². The summed E-state index contributed by atoms with van der Waals surface area (Å²) in [5, 5.41) is 10.4. The first-order valence-electron chi connectivity index (χ1n) is 8.37. The number of ether oxygens (including phenoxy) is 1. The van der Waals surface area contributed by atoms with Crippen molar-refractivity contribution in [3.05, 3.63) is 70.6 Å². The number of carbonyl (C=O) groups excluding carboxylic acids is 1. The molecule has 1 heterocycles. The van der Waals surface area contributed by atoms with Gasteiger partial charge in [0.15, 0.2) is 6.61 Å². The maximum atomic E-state index is 12.0. The number of aryl methyl sites for hydroxylation is 3. The van der Waals surface area contributed by atoms with E-state index in [1.54, 1.807) is 6.07 Å². The molecule has 3 rings (SSSR count). The van der Waals surface area contributed by atoms with Crippen molar-refractivity contribution in [3.63, 3.8) is 0 Å². The number of aromatic nitrogens is 2. The smallest absolute Gasteiger partial charge is 0.322 e. The minimum Gasteiger partial charge on any atom is -0.484 e. The fourth-order valence-electron chi connectivity index (χ4n) is 2.59. The SMILES string of the molecule is Cc1cccc(OCC(=O)Nc2nnc(Cc3ccc(C)cc3C)o2)c1. The van der Waals surface area contributed by atoms with E-state index >= 15 is 0 Å². The van der Waals surface area contributed by atoms with E-state index in [1.165, 1.54) is 11.1 Å². The molecule has 0 aliphatic heterocycles. The summed E-state index contributed by atoms with van der Waals surface area (Å²) in [6.45, 7) is 5.93. The predicted molar refractivity (Wildman–Crippen MR) is 98.3 cm³/mol. The Labute approximate surface area is 152 Å². The number of amides is 1. The van der Waals surface area contributed by atoms with Crippen molar-refractivity contribution in [2.75, 3.05) is 11.9 Å². The molecule has 2 aromatic carbocycles. The van der Waals surface area contributed by atoms with Crippen LogP contribution in [0.2, 0.25) is 0 Å². The van der Waals surface area contributed by atoms with Gasteiger partial charge >= 0.3 is 6.01 Å². The maximum absolute atomic E-state index is 12.0. The molecule has 1 aromatic heterocycles. The van der Waals surface area contributed by atoms with Crippen LogP contribution in [0.5, 0.6) is 5.75 Å². The zero-order valence-electron chi connectivity index (χ0n) is 15.1. The fourth-order valence-corrected chi connectivity index (χ4v) is 2.59. The van der Waals surface area contributed by atoms with E-state index in [2.05, 4.69) is 28.5 Å². The summed E-state index contributed by atoms with van der Waals surface area (Å²) in [6.07, 6.45) is 0.523. The molecule has 0 radical (unpaired) electrons. The Morgan fingerprint density at radius 1 is 1.08 bits per heavy atom. The van der Waals surface area contributed by atoms with Crippen LogP contribution in [0.15, 0.2) is 46.9 Å². The lowest BCUT2D eigenvalue weighted by molar-refractivity contribution is -0.118. The van der Waals surface area contributed by atoms with Gasteiger partial charge in [0.1, 0.15) is 5.75 Å². The van der Waals surface area contributed by atoms with E-state index in [4.69, 9.17) is 9.15 Å². The van der Waals surface area contributed by atoms with Crippen molar-refractivity contribution >= 4 is 11.9 Å². The van der Waals surface area contributed by atoms with Gasteiger partial charge in [-0.15, -0.1) is 5.10 Å². The van der Waals surface area contributed by atoms with Crippen LogP contribution < -0.4 is 10.1 Å². The second-order valence-corrected chi connectivity index (χ2v) is 6.26. The molecule has 0 aliphatic carbocycles. The third-order valence-corrected chi connectivity index (χ3v) is 3.91. The molecule has 0 fully saturated rings. The van der Waals surface area contributed by atoms with Crippen LogP contribution in [0.4, 0.5) is 6.01 Å². The largest absolute Gasteiger partial charge is 0.484 e. The van der Waals surface area contributed by atoms with E-state index in [9.17, 15) is 4.79 Å². The van der Waals surface area contributed by atoms with Crippen molar-refractivity contribution < 1.29 is 13.9 Å². The van der Waals surface area contributed by atoms with E-state index in [1.807, 2.05) is 44.2 Å². The van der Waals surface area contributed by atoms with Gasteiger partial charge in [-0.2, -0.15) is 0 Å². The van der Waals surface area contributed by atoms with Crippen LogP contribution in [0.3, 0.4) is 0 Å². The van der Waals surface area contributed by atoms with Crippen molar-refractivity contribution in [1.82, 2.24) is 10.2 Å². The number of nitrogens with zero attached hydrogens (tertiary/aromatic N) is 2. The average Bonchev–Trinajstić information content (AvgIpc) is 3.03. The number of hydrogen-bond donors (Lipinski definition) is 1. The molecule has 26 heavy (non-hydrogen) atoms. The van der Waals surface area contributed by atoms with E-state index < -0.39 is 0 Å². The Hall–Kier alpha value is -3.15.